The highest BCUT2D eigenvalue weighted by Gasteiger charge is 2.28. The highest BCUT2D eigenvalue weighted by Crippen LogP contribution is 2.38. The van der Waals surface area contributed by atoms with Crippen molar-refractivity contribution in [2.24, 2.45) is 0 Å². The van der Waals surface area contributed by atoms with Crippen LogP contribution in [0, 0.1) is 0 Å². The zero-order chi connectivity index (χ0) is 17.4. The van der Waals surface area contributed by atoms with Gasteiger partial charge in [-0.3, -0.25) is 4.79 Å². The lowest BCUT2D eigenvalue weighted by Gasteiger charge is -2.23. The topological polar surface area (TPSA) is 55.0 Å². The molecule has 124 valence electrons. The molecule has 2 heterocycles. The molecule has 0 aliphatic carbocycles. The van der Waals surface area contributed by atoms with E-state index in [1.54, 1.807) is 24.3 Å². The Morgan fingerprint density at radius 1 is 0.960 bits per heavy atom. The van der Waals surface area contributed by atoms with Gasteiger partial charge in [0.25, 0.3) is 5.56 Å². The van der Waals surface area contributed by atoms with E-state index >= 15 is 0 Å². The summed E-state index contributed by atoms with van der Waals surface area (Å²) in [5.74, 6) is 0.641. The Bertz CT molecular complexity index is 1010. The van der Waals surface area contributed by atoms with Gasteiger partial charge in [-0.25, -0.2) is 4.98 Å². The number of halogens is 2. The third-order valence-corrected chi connectivity index (χ3v) is 4.55. The van der Waals surface area contributed by atoms with Crippen LogP contribution in [0.1, 0.15) is 22.6 Å². The van der Waals surface area contributed by atoms with Gasteiger partial charge in [0.05, 0.1) is 11.9 Å². The largest absolute Gasteiger partial charge is 0.438 e. The van der Waals surface area contributed by atoms with Crippen LogP contribution in [0.25, 0.3) is 5.76 Å². The Hall–Kier alpha value is -2.56. The second-order valence-corrected chi connectivity index (χ2v) is 6.49. The molecule has 6 heteroatoms. The first-order chi connectivity index (χ1) is 12.1. The van der Waals surface area contributed by atoms with Crippen LogP contribution in [0.5, 0.6) is 5.88 Å². The molecular weight excluding hydrogens is 359 g/mol. The molecule has 0 amide bonds. The molecule has 4 nitrogen and oxygen atoms in total. The van der Waals surface area contributed by atoms with E-state index in [1.807, 2.05) is 30.3 Å². The number of hydrogen-bond acceptors (Lipinski definition) is 3. The van der Waals surface area contributed by atoms with Crippen LogP contribution in [0.3, 0.4) is 0 Å². The van der Waals surface area contributed by atoms with Crippen molar-refractivity contribution in [1.29, 1.82) is 0 Å². The summed E-state index contributed by atoms with van der Waals surface area (Å²) in [5, 5.41) is 1.28. The molecule has 0 saturated heterocycles. The van der Waals surface area contributed by atoms with Crippen molar-refractivity contribution in [2.45, 2.75) is 5.92 Å². The van der Waals surface area contributed by atoms with Crippen LogP contribution in [0.4, 0.5) is 0 Å². The number of rotatable bonds is 2. The second kappa shape index (κ2) is 6.39. The monoisotopic (exact) mass is 370 g/mol. The predicted octanol–water partition coefficient (Wildman–Crippen LogP) is 4.64. The summed E-state index contributed by atoms with van der Waals surface area (Å²) in [4.78, 5) is 19.2. The third-order valence-electron chi connectivity index (χ3n) is 4.05. The lowest BCUT2D eigenvalue weighted by atomic mass is 9.89. The zero-order valence-corrected chi connectivity index (χ0v) is 14.4. The molecule has 1 N–H and O–H groups in total. The summed E-state index contributed by atoms with van der Waals surface area (Å²) < 4.78 is 5.87. The van der Waals surface area contributed by atoms with Crippen molar-refractivity contribution in [3.8, 4) is 5.88 Å². The van der Waals surface area contributed by atoms with Gasteiger partial charge in [0.2, 0.25) is 5.88 Å². The summed E-state index contributed by atoms with van der Waals surface area (Å²) in [6, 6.07) is 14.7. The van der Waals surface area contributed by atoms with Gasteiger partial charge in [0.1, 0.15) is 5.76 Å². The highest BCUT2D eigenvalue weighted by molar-refractivity contribution is 6.30. The molecule has 1 aromatic heterocycles. The average Bonchev–Trinajstić information content (AvgIpc) is 2.62. The molecule has 0 saturated carbocycles. The average molecular weight is 371 g/mol. The van der Waals surface area contributed by atoms with E-state index in [0.717, 1.165) is 11.1 Å². The van der Waals surface area contributed by atoms with Gasteiger partial charge in [-0.05, 0) is 48.0 Å². The fourth-order valence-corrected chi connectivity index (χ4v) is 3.08. The minimum Gasteiger partial charge on any atom is -0.438 e. The van der Waals surface area contributed by atoms with Crippen molar-refractivity contribution < 1.29 is 4.74 Å². The van der Waals surface area contributed by atoms with E-state index in [0.29, 0.717) is 27.2 Å². The van der Waals surface area contributed by atoms with E-state index in [9.17, 15) is 4.79 Å². The van der Waals surface area contributed by atoms with E-state index < -0.39 is 0 Å². The number of H-pyrrole nitrogens is 1. The van der Waals surface area contributed by atoms with Crippen molar-refractivity contribution in [3.63, 3.8) is 0 Å². The van der Waals surface area contributed by atoms with E-state index in [1.165, 1.54) is 6.33 Å². The Kier molecular flexibility index (Phi) is 4.07. The predicted molar refractivity (Wildman–Crippen MR) is 98.2 cm³/mol. The maximum atomic E-state index is 12.4. The molecule has 25 heavy (non-hydrogen) atoms. The van der Waals surface area contributed by atoms with Crippen LogP contribution in [0.2, 0.25) is 10.0 Å². The van der Waals surface area contributed by atoms with Crippen LogP contribution >= 0.6 is 23.2 Å². The van der Waals surface area contributed by atoms with E-state index in [4.69, 9.17) is 27.9 Å². The minimum atomic E-state index is -0.288. The molecule has 2 aromatic carbocycles. The smallest absolute Gasteiger partial charge is 0.258 e. The maximum Gasteiger partial charge on any atom is 0.258 e. The summed E-state index contributed by atoms with van der Waals surface area (Å²) in [6.45, 7) is 0. The van der Waals surface area contributed by atoms with Gasteiger partial charge >= 0.3 is 0 Å². The Labute approximate surface area is 153 Å². The van der Waals surface area contributed by atoms with Gasteiger partial charge in [-0.2, -0.15) is 0 Å². The summed E-state index contributed by atoms with van der Waals surface area (Å²) >= 11 is 11.9. The molecular formula is C19H12Cl2N2O2. The number of allylic oxidation sites excluding steroid dienone is 1. The molecule has 4 rings (SSSR count). The Morgan fingerprint density at radius 2 is 1.60 bits per heavy atom. The molecule has 0 radical (unpaired) electrons. The number of hydrogen-bond donors (Lipinski definition) is 1. The summed E-state index contributed by atoms with van der Waals surface area (Å²) in [5.41, 5.74) is 2.04. The molecule has 0 fully saturated rings. The lowest BCUT2D eigenvalue weighted by Crippen LogP contribution is -2.22. The first-order valence-corrected chi connectivity index (χ1v) is 8.36. The normalized spacial score (nSPS) is 15.9. The molecule has 0 spiro atoms. The van der Waals surface area contributed by atoms with Gasteiger partial charge in [-0.15, -0.1) is 0 Å². The van der Waals surface area contributed by atoms with Gasteiger partial charge in [-0.1, -0.05) is 35.3 Å². The van der Waals surface area contributed by atoms with Gasteiger partial charge < -0.3 is 9.72 Å². The fourth-order valence-electron chi connectivity index (χ4n) is 2.82. The lowest BCUT2D eigenvalue weighted by molar-refractivity contribution is 0.467. The second-order valence-electron chi connectivity index (χ2n) is 5.62. The quantitative estimate of drug-likeness (QED) is 0.714. The van der Waals surface area contributed by atoms with Crippen LogP contribution in [-0.4, -0.2) is 9.97 Å². The Balaban J connectivity index is 1.87. The minimum absolute atomic E-state index is 0.226. The number of ether oxygens (including phenoxy) is 1. The van der Waals surface area contributed by atoms with Gasteiger partial charge in [0.15, 0.2) is 0 Å². The zero-order valence-electron chi connectivity index (χ0n) is 12.9. The van der Waals surface area contributed by atoms with Crippen LogP contribution < -0.4 is 10.3 Å². The number of nitrogens with one attached hydrogen (secondary N) is 1. The molecule has 1 aliphatic rings. The number of aromatic amines is 1. The molecule has 3 aromatic rings. The number of benzene rings is 2. The first-order valence-electron chi connectivity index (χ1n) is 7.60. The number of fused-ring (bicyclic) bond motifs is 1. The molecule has 1 atom stereocenters. The van der Waals surface area contributed by atoms with Crippen LogP contribution in [0.15, 0.2) is 65.7 Å². The number of nitrogens with zero attached hydrogens (tertiary/aromatic N) is 1. The third kappa shape index (κ3) is 3.06. The van der Waals surface area contributed by atoms with Crippen molar-refractivity contribution in [1.82, 2.24) is 9.97 Å². The summed E-state index contributed by atoms with van der Waals surface area (Å²) in [7, 11) is 0. The first kappa shape index (κ1) is 15.9. The molecule has 0 bridgehead atoms. The van der Waals surface area contributed by atoms with Crippen molar-refractivity contribution in [2.75, 3.05) is 0 Å². The van der Waals surface area contributed by atoms with E-state index in [2.05, 4.69) is 9.97 Å². The van der Waals surface area contributed by atoms with Crippen LogP contribution in [-0.2, 0) is 0 Å². The SMILES string of the molecule is O=c1[nH]cnc2c1C(c1ccc(Cl)cc1)C=C(c1ccc(Cl)cc1)O2. The van der Waals surface area contributed by atoms with Gasteiger partial charge in [0, 0.05) is 21.5 Å². The van der Waals surface area contributed by atoms with Crippen molar-refractivity contribution in [3.05, 3.63) is 98.0 Å². The van der Waals surface area contributed by atoms with E-state index in [-0.39, 0.29) is 11.5 Å². The molecule has 1 unspecified atom stereocenters. The van der Waals surface area contributed by atoms with Crippen molar-refractivity contribution >= 4 is 29.0 Å². The molecule has 1 aliphatic heterocycles. The standard InChI is InChI=1S/C19H12Cl2N2O2/c20-13-5-1-11(2-6-13)15-9-16(12-3-7-14(21)8-4-12)25-19-17(15)18(24)22-10-23-19/h1-10,15H,(H,22,23,24). The summed E-state index contributed by atoms with van der Waals surface area (Å²) in [6.07, 6.45) is 3.25. The number of aromatic nitrogens is 2. The Morgan fingerprint density at radius 3 is 2.28 bits per heavy atom. The highest BCUT2D eigenvalue weighted by atomic mass is 35.5. The maximum absolute atomic E-state index is 12.4. The fraction of sp³-hybridized carbons (Fsp3) is 0.0526.